The number of fused-ring (bicyclic) bond motifs is 1. The lowest BCUT2D eigenvalue weighted by molar-refractivity contribution is 0.0760. The smallest absolute Gasteiger partial charge is 0.270 e. The lowest BCUT2D eigenvalue weighted by Gasteiger charge is -2.13. The predicted molar refractivity (Wildman–Crippen MR) is 80.5 cm³/mol. The Labute approximate surface area is 127 Å². The molecule has 0 spiro atoms. The van der Waals surface area contributed by atoms with E-state index in [1.54, 1.807) is 11.1 Å². The number of rotatable bonds is 2. The lowest BCUT2D eigenvalue weighted by Crippen LogP contribution is -2.29. The van der Waals surface area contributed by atoms with E-state index in [1.807, 2.05) is 6.07 Å². The Kier molecular flexibility index (Phi) is 3.07. The lowest BCUT2D eigenvalue weighted by atomic mass is 10.1. The molecule has 1 saturated heterocycles. The molecule has 7 heteroatoms. The predicted octanol–water partition coefficient (Wildman–Crippen LogP) is 0.646. The van der Waals surface area contributed by atoms with Gasteiger partial charge in [-0.05, 0) is 18.9 Å². The zero-order valence-corrected chi connectivity index (χ0v) is 12.0. The third-order valence-electron chi connectivity index (χ3n) is 4.25. The summed E-state index contributed by atoms with van der Waals surface area (Å²) in [5.41, 5.74) is 3.39. The summed E-state index contributed by atoms with van der Waals surface area (Å²) in [7, 11) is 0. The number of anilines is 1. The van der Waals surface area contributed by atoms with Gasteiger partial charge in [-0.25, -0.2) is 9.97 Å². The van der Waals surface area contributed by atoms with Crippen molar-refractivity contribution in [2.75, 3.05) is 25.0 Å². The van der Waals surface area contributed by atoms with Crippen molar-refractivity contribution in [2.45, 2.75) is 18.9 Å². The van der Waals surface area contributed by atoms with Gasteiger partial charge >= 0.3 is 0 Å². The van der Waals surface area contributed by atoms with E-state index in [1.165, 1.54) is 6.33 Å². The van der Waals surface area contributed by atoms with Crippen LogP contribution in [-0.4, -0.2) is 56.6 Å². The monoisotopic (exact) mass is 299 g/mol. The molecule has 2 aliphatic rings. The fourth-order valence-electron chi connectivity index (χ4n) is 3.11. The van der Waals surface area contributed by atoms with Crippen molar-refractivity contribution < 1.29 is 9.90 Å². The van der Waals surface area contributed by atoms with E-state index in [0.29, 0.717) is 25.2 Å². The first-order valence-corrected chi connectivity index (χ1v) is 7.46. The van der Waals surface area contributed by atoms with Crippen LogP contribution in [0.3, 0.4) is 0 Å². The van der Waals surface area contributed by atoms with Gasteiger partial charge in [-0.3, -0.25) is 4.79 Å². The number of likely N-dealkylation sites (tertiary alicyclic amines) is 1. The highest BCUT2D eigenvalue weighted by molar-refractivity contribution is 5.94. The number of β-amino-alcohol motifs (C(OH)–C–C–N with tert-alkyl or cyclic N) is 1. The van der Waals surface area contributed by atoms with Crippen LogP contribution < -0.4 is 5.32 Å². The summed E-state index contributed by atoms with van der Waals surface area (Å²) in [5, 5.41) is 12.8. The van der Waals surface area contributed by atoms with Gasteiger partial charge in [-0.15, -0.1) is 0 Å². The molecule has 4 heterocycles. The van der Waals surface area contributed by atoms with Crippen LogP contribution >= 0.6 is 0 Å². The largest absolute Gasteiger partial charge is 0.391 e. The van der Waals surface area contributed by atoms with Gasteiger partial charge in [0.2, 0.25) is 0 Å². The number of H-pyrrole nitrogens is 1. The minimum Gasteiger partial charge on any atom is -0.391 e. The maximum atomic E-state index is 12.4. The molecule has 4 rings (SSSR count). The second-order valence-corrected chi connectivity index (χ2v) is 5.72. The van der Waals surface area contributed by atoms with Crippen molar-refractivity contribution in [1.82, 2.24) is 19.9 Å². The van der Waals surface area contributed by atoms with Crippen molar-refractivity contribution in [3.05, 3.63) is 29.8 Å². The first-order valence-electron chi connectivity index (χ1n) is 7.46. The van der Waals surface area contributed by atoms with Gasteiger partial charge in [0.05, 0.1) is 11.8 Å². The van der Waals surface area contributed by atoms with Crippen molar-refractivity contribution in [3.63, 3.8) is 0 Å². The van der Waals surface area contributed by atoms with Crippen molar-refractivity contribution in [1.29, 1.82) is 0 Å². The Hall–Kier alpha value is -2.41. The summed E-state index contributed by atoms with van der Waals surface area (Å²) in [4.78, 5) is 25.7. The van der Waals surface area contributed by atoms with Crippen LogP contribution in [0.1, 0.15) is 22.5 Å². The third-order valence-corrected chi connectivity index (χ3v) is 4.25. The summed E-state index contributed by atoms with van der Waals surface area (Å²) in [6, 6.07) is 1.83. The third kappa shape index (κ3) is 2.14. The van der Waals surface area contributed by atoms with E-state index < -0.39 is 6.10 Å². The van der Waals surface area contributed by atoms with Crippen LogP contribution in [0.5, 0.6) is 0 Å². The summed E-state index contributed by atoms with van der Waals surface area (Å²) < 4.78 is 0. The number of carbonyl (C=O) groups excluding carboxylic acids is 1. The molecule has 22 heavy (non-hydrogen) atoms. The molecule has 3 N–H and O–H groups in total. The van der Waals surface area contributed by atoms with Crippen LogP contribution in [0.4, 0.5) is 5.82 Å². The molecule has 1 unspecified atom stereocenters. The van der Waals surface area contributed by atoms with E-state index in [0.717, 1.165) is 35.6 Å². The summed E-state index contributed by atoms with van der Waals surface area (Å²) in [6.45, 7) is 1.87. The number of hydrogen-bond donors (Lipinski definition) is 3. The first-order chi connectivity index (χ1) is 10.7. The van der Waals surface area contributed by atoms with E-state index in [9.17, 15) is 9.90 Å². The fourth-order valence-corrected chi connectivity index (χ4v) is 3.11. The molecule has 0 aliphatic carbocycles. The molecule has 2 aliphatic heterocycles. The SMILES string of the molecule is O=C(c1cc(-c2ncnc3c2CCN3)c[nH]1)N1CCC(O)C1. The number of carbonyl (C=O) groups is 1. The second-order valence-electron chi connectivity index (χ2n) is 5.72. The molecule has 114 valence electrons. The number of aromatic amines is 1. The van der Waals surface area contributed by atoms with E-state index >= 15 is 0 Å². The Morgan fingerprint density at radius 2 is 2.32 bits per heavy atom. The summed E-state index contributed by atoms with van der Waals surface area (Å²) >= 11 is 0. The normalized spacial score (nSPS) is 20.0. The second kappa shape index (κ2) is 5.10. The molecule has 1 atom stereocenters. The molecule has 2 aromatic rings. The zero-order valence-electron chi connectivity index (χ0n) is 12.0. The molecular formula is C15H17N5O2. The van der Waals surface area contributed by atoms with Gasteiger partial charge in [-0.1, -0.05) is 0 Å². The summed E-state index contributed by atoms with van der Waals surface area (Å²) in [5.74, 6) is 0.799. The number of nitrogens with zero attached hydrogens (tertiary/aromatic N) is 3. The average molecular weight is 299 g/mol. The van der Waals surface area contributed by atoms with E-state index in [4.69, 9.17) is 0 Å². The number of amides is 1. The molecule has 7 nitrogen and oxygen atoms in total. The Bertz CT molecular complexity index is 726. The number of hydrogen-bond acceptors (Lipinski definition) is 5. The van der Waals surface area contributed by atoms with Crippen molar-refractivity contribution >= 4 is 11.7 Å². The minimum absolute atomic E-state index is 0.0772. The molecule has 1 amide bonds. The van der Waals surface area contributed by atoms with Crippen LogP contribution in [0.2, 0.25) is 0 Å². The van der Waals surface area contributed by atoms with Gasteiger partial charge in [0.1, 0.15) is 17.8 Å². The number of nitrogens with one attached hydrogen (secondary N) is 2. The van der Waals surface area contributed by atoms with Crippen LogP contribution in [0.25, 0.3) is 11.3 Å². The molecule has 0 bridgehead atoms. The molecule has 1 fully saturated rings. The Morgan fingerprint density at radius 3 is 3.14 bits per heavy atom. The van der Waals surface area contributed by atoms with Crippen LogP contribution in [0.15, 0.2) is 18.6 Å². The highest BCUT2D eigenvalue weighted by Crippen LogP contribution is 2.29. The number of aliphatic hydroxyl groups excluding tert-OH is 1. The molecule has 0 radical (unpaired) electrons. The number of aromatic nitrogens is 3. The topological polar surface area (TPSA) is 94.1 Å². The highest BCUT2D eigenvalue weighted by Gasteiger charge is 2.27. The molecule has 0 saturated carbocycles. The maximum Gasteiger partial charge on any atom is 0.270 e. The van der Waals surface area contributed by atoms with Crippen molar-refractivity contribution in [3.8, 4) is 11.3 Å². The van der Waals surface area contributed by atoms with Gasteiger partial charge in [0.25, 0.3) is 5.91 Å². The molecule has 0 aromatic carbocycles. The van der Waals surface area contributed by atoms with Gasteiger partial charge in [0.15, 0.2) is 0 Å². The Morgan fingerprint density at radius 1 is 1.41 bits per heavy atom. The number of aliphatic hydroxyl groups is 1. The quantitative estimate of drug-likeness (QED) is 0.757. The molecular weight excluding hydrogens is 282 g/mol. The van der Waals surface area contributed by atoms with E-state index in [-0.39, 0.29) is 5.91 Å². The standard InChI is InChI=1S/C15H17N5O2/c21-10-2-4-20(7-10)15(22)12-5-9(6-17-12)13-11-1-3-16-14(11)19-8-18-13/h5-6,8,10,17,21H,1-4,7H2,(H,16,18,19). The molecule has 2 aromatic heterocycles. The highest BCUT2D eigenvalue weighted by atomic mass is 16.3. The first kappa shape index (κ1) is 13.3. The van der Waals surface area contributed by atoms with Crippen molar-refractivity contribution in [2.24, 2.45) is 0 Å². The zero-order chi connectivity index (χ0) is 15.1. The van der Waals surface area contributed by atoms with Gasteiger partial charge < -0.3 is 20.3 Å². The minimum atomic E-state index is -0.408. The average Bonchev–Trinajstić information content (AvgIpc) is 3.26. The summed E-state index contributed by atoms with van der Waals surface area (Å²) in [6.07, 6.45) is 4.47. The van der Waals surface area contributed by atoms with Crippen LogP contribution in [-0.2, 0) is 6.42 Å². The maximum absolute atomic E-state index is 12.4. The van der Waals surface area contributed by atoms with E-state index in [2.05, 4.69) is 20.3 Å². The Balaban J connectivity index is 1.62. The fraction of sp³-hybridized carbons (Fsp3) is 0.400. The van der Waals surface area contributed by atoms with Gasteiger partial charge in [-0.2, -0.15) is 0 Å². The van der Waals surface area contributed by atoms with Gasteiger partial charge in [0, 0.05) is 37.0 Å². The van der Waals surface area contributed by atoms with Crippen LogP contribution in [0, 0.1) is 0 Å².